The highest BCUT2D eigenvalue weighted by molar-refractivity contribution is 5.88. The number of hydrogen-bond donors (Lipinski definition) is 3. The van der Waals surface area contributed by atoms with Crippen molar-refractivity contribution in [2.24, 2.45) is 0 Å². The van der Waals surface area contributed by atoms with Crippen LogP contribution in [0.1, 0.15) is 29.0 Å². The van der Waals surface area contributed by atoms with Crippen LogP contribution in [0, 0.1) is 12.3 Å². The van der Waals surface area contributed by atoms with E-state index in [9.17, 15) is 18.3 Å². The van der Waals surface area contributed by atoms with Crippen molar-refractivity contribution in [1.29, 1.82) is 5.41 Å². The molecule has 2 unspecified atom stereocenters. The molecule has 33 heavy (non-hydrogen) atoms. The van der Waals surface area contributed by atoms with Crippen molar-refractivity contribution < 1.29 is 23.0 Å². The first-order chi connectivity index (χ1) is 15.7. The van der Waals surface area contributed by atoms with Gasteiger partial charge < -0.3 is 30.4 Å². The molecule has 3 N–H and O–H groups in total. The summed E-state index contributed by atoms with van der Waals surface area (Å²) >= 11 is 0. The molecule has 0 spiro atoms. The third-order valence-electron chi connectivity index (χ3n) is 6.07. The van der Waals surface area contributed by atoms with Gasteiger partial charge >= 0.3 is 12.6 Å². The lowest BCUT2D eigenvalue weighted by Crippen LogP contribution is -2.51. The lowest BCUT2D eigenvalue weighted by atomic mass is 9.84. The van der Waals surface area contributed by atoms with Crippen molar-refractivity contribution in [3.63, 3.8) is 0 Å². The number of aryl methyl sites for hydroxylation is 1. The third kappa shape index (κ3) is 5.19. The van der Waals surface area contributed by atoms with Crippen LogP contribution < -0.4 is 15.0 Å². The van der Waals surface area contributed by atoms with Gasteiger partial charge in [-0.05, 0) is 50.2 Å². The first-order valence-corrected chi connectivity index (χ1v) is 10.7. The molecule has 1 aromatic carbocycles. The van der Waals surface area contributed by atoms with Gasteiger partial charge in [0.15, 0.2) is 0 Å². The normalized spacial score (nSPS) is 21.7. The minimum Gasteiger partial charge on any atom is -0.401 e. The Morgan fingerprint density at radius 2 is 2.00 bits per heavy atom. The van der Waals surface area contributed by atoms with Crippen molar-refractivity contribution in [3.8, 4) is 6.01 Å². The zero-order chi connectivity index (χ0) is 23.7. The molecule has 2 aliphatic heterocycles. The number of alkyl halides is 3. The van der Waals surface area contributed by atoms with Gasteiger partial charge in [0.25, 0.3) is 0 Å². The summed E-state index contributed by atoms with van der Waals surface area (Å²) in [5, 5.41) is 20.4. The molecular weight excluding hydrogens is 437 g/mol. The number of nitrogens with one attached hydrogen (secondary N) is 2. The van der Waals surface area contributed by atoms with E-state index >= 15 is 0 Å². The summed E-state index contributed by atoms with van der Waals surface area (Å²) in [6.07, 6.45) is 0.313. The summed E-state index contributed by atoms with van der Waals surface area (Å²) in [7, 11) is 1.89. The van der Waals surface area contributed by atoms with Crippen molar-refractivity contribution in [1.82, 2.24) is 14.9 Å². The van der Waals surface area contributed by atoms with Crippen molar-refractivity contribution in [2.45, 2.75) is 38.1 Å². The van der Waals surface area contributed by atoms with E-state index in [0.29, 0.717) is 43.1 Å². The topological polar surface area (TPSA) is 97.6 Å². The maximum Gasteiger partial charge on any atom is 0.389 e. The molecule has 178 valence electrons. The zero-order valence-electron chi connectivity index (χ0n) is 18.4. The number of aliphatic hydroxyl groups excluding tert-OH is 1. The number of nitrogens with zero attached hydrogens (tertiary/aromatic N) is 4. The quantitative estimate of drug-likeness (QED) is 0.542. The minimum atomic E-state index is -3.09. The summed E-state index contributed by atoms with van der Waals surface area (Å²) in [5.41, 5.74) is 2.78. The molecule has 2 atom stereocenters. The van der Waals surface area contributed by atoms with E-state index in [-0.39, 0.29) is 11.7 Å². The number of ether oxygens (including phenoxy) is 1. The summed E-state index contributed by atoms with van der Waals surface area (Å²) in [4.78, 5) is 11.7. The molecule has 2 aromatic rings. The van der Waals surface area contributed by atoms with E-state index < -0.39 is 24.9 Å². The van der Waals surface area contributed by atoms with Gasteiger partial charge in [-0.1, -0.05) is 0 Å². The number of likely N-dealkylation sites (tertiary alicyclic amines) is 1. The Morgan fingerprint density at radius 1 is 1.24 bits per heavy atom. The predicted octanol–water partition coefficient (Wildman–Crippen LogP) is 3.07. The number of aromatic nitrogens is 2. The molecule has 2 fully saturated rings. The highest BCUT2D eigenvalue weighted by Crippen LogP contribution is 2.36. The fourth-order valence-corrected chi connectivity index (χ4v) is 4.33. The molecule has 1 aromatic heterocycles. The van der Waals surface area contributed by atoms with Crippen LogP contribution >= 0.6 is 0 Å². The molecule has 11 heteroatoms. The van der Waals surface area contributed by atoms with Crippen LogP contribution in [0.5, 0.6) is 6.01 Å². The lowest BCUT2D eigenvalue weighted by molar-refractivity contribution is -0.0559. The van der Waals surface area contributed by atoms with Crippen molar-refractivity contribution in [2.75, 3.05) is 43.4 Å². The van der Waals surface area contributed by atoms with E-state index in [0.717, 1.165) is 17.7 Å². The number of hydrogen-bond acceptors (Lipinski definition) is 8. The second-order valence-electron chi connectivity index (χ2n) is 8.57. The van der Waals surface area contributed by atoms with Crippen molar-refractivity contribution in [3.05, 3.63) is 34.9 Å². The SMILES string of the molecule is Cc1cc(C=N)c(Nc2cc(N3CC(O)C3)nc(OC(F)F)n2)cc1C1CCN(C)CC1F. The standard InChI is InChI=1S/C22H27F3N6O2/c1-12-5-13(8-26)18(6-16(12)15-3-4-30(2)11-17(15)23)27-19-7-20(31-9-14(32)10-31)29-22(28-19)33-21(24)25/h5-8,14-15,17,21,26,32H,3-4,9-11H2,1-2H3,(H,27,28,29). The molecule has 0 aliphatic carbocycles. The number of rotatable bonds is 7. The van der Waals surface area contributed by atoms with Crippen LogP contribution in [0.3, 0.4) is 0 Å². The summed E-state index contributed by atoms with van der Waals surface area (Å²) in [5.74, 6) is 0.245. The number of halogens is 3. The molecule has 0 saturated carbocycles. The molecule has 4 rings (SSSR count). The lowest BCUT2D eigenvalue weighted by Gasteiger charge is -2.36. The largest absolute Gasteiger partial charge is 0.401 e. The Hall–Kier alpha value is -2.92. The first-order valence-electron chi connectivity index (χ1n) is 10.7. The average Bonchev–Trinajstić information content (AvgIpc) is 2.72. The van der Waals surface area contributed by atoms with Crippen LogP contribution in [0.25, 0.3) is 0 Å². The molecule has 0 bridgehead atoms. The summed E-state index contributed by atoms with van der Waals surface area (Å²) in [6, 6.07) is 4.67. The van der Waals surface area contributed by atoms with E-state index in [2.05, 4.69) is 20.0 Å². The fourth-order valence-electron chi connectivity index (χ4n) is 4.33. The maximum atomic E-state index is 14.9. The van der Waals surface area contributed by atoms with Gasteiger partial charge in [-0.15, -0.1) is 0 Å². The van der Waals surface area contributed by atoms with E-state index in [1.165, 1.54) is 6.21 Å². The third-order valence-corrected chi connectivity index (χ3v) is 6.07. The van der Waals surface area contributed by atoms with Crippen LogP contribution in [0.15, 0.2) is 18.2 Å². The number of piperidine rings is 1. The number of aliphatic hydroxyl groups is 1. The number of β-amino-alcohol motifs (C(OH)–C–C–N with tert-alkyl or cyclic N) is 1. The Bertz CT molecular complexity index is 1020. The second-order valence-corrected chi connectivity index (χ2v) is 8.57. The summed E-state index contributed by atoms with van der Waals surface area (Å²) in [6.45, 7) is 0.570. The van der Waals surface area contributed by atoms with Gasteiger partial charge in [-0.25, -0.2) is 4.39 Å². The number of anilines is 3. The average molecular weight is 464 g/mol. The van der Waals surface area contributed by atoms with Crippen LogP contribution in [0.2, 0.25) is 0 Å². The van der Waals surface area contributed by atoms with Gasteiger partial charge in [0.1, 0.15) is 17.8 Å². The smallest absolute Gasteiger partial charge is 0.389 e. The van der Waals surface area contributed by atoms with E-state index in [1.54, 1.807) is 23.1 Å². The molecule has 2 aliphatic rings. The highest BCUT2D eigenvalue weighted by Gasteiger charge is 2.31. The first kappa shape index (κ1) is 23.2. The molecule has 8 nitrogen and oxygen atoms in total. The maximum absolute atomic E-state index is 14.9. The Labute approximate surface area is 189 Å². The highest BCUT2D eigenvalue weighted by atomic mass is 19.3. The monoisotopic (exact) mass is 464 g/mol. The van der Waals surface area contributed by atoms with Gasteiger partial charge in [0.05, 0.1) is 6.10 Å². The van der Waals surface area contributed by atoms with Gasteiger partial charge in [-0.3, -0.25) is 0 Å². The van der Waals surface area contributed by atoms with Gasteiger partial charge in [0.2, 0.25) is 0 Å². The minimum absolute atomic E-state index is 0.190. The van der Waals surface area contributed by atoms with Crippen molar-refractivity contribution >= 4 is 23.5 Å². The predicted molar refractivity (Wildman–Crippen MR) is 119 cm³/mol. The molecule has 0 radical (unpaired) electrons. The fraction of sp³-hybridized carbons (Fsp3) is 0.500. The molecule has 3 heterocycles. The molecule has 2 saturated heterocycles. The number of benzene rings is 1. The second kappa shape index (κ2) is 9.52. The van der Waals surface area contributed by atoms with Gasteiger partial charge in [-0.2, -0.15) is 18.7 Å². The van der Waals surface area contributed by atoms with Crippen LogP contribution in [-0.4, -0.2) is 78.3 Å². The van der Waals surface area contributed by atoms with E-state index in [1.807, 2.05) is 18.9 Å². The Morgan fingerprint density at radius 3 is 2.64 bits per heavy atom. The van der Waals surface area contributed by atoms with E-state index in [4.69, 9.17) is 5.41 Å². The Balaban J connectivity index is 1.67. The molecular formula is C22H27F3N6O2. The Kier molecular flexibility index (Phi) is 6.71. The van der Waals surface area contributed by atoms with Crippen LogP contribution in [-0.2, 0) is 0 Å². The van der Waals surface area contributed by atoms with Crippen LogP contribution in [0.4, 0.5) is 30.5 Å². The van der Waals surface area contributed by atoms with Gasteiger partial charge in [0, 0.05) is 49.1 Å². The zero-order valence-corrected chi connectivity index (χ0v) is 18.4. The molecule has 0 amide bonds. The summed E-state index contributed by atoms with van der Waals surface area (Å²) < 4.78 is 44.9.